The first-order valence-corrected chi connectivity index (χ1v) is 8.87. The van der Waals surface area contributed by atoms with E-state index in [-0.39, 0.29) is 11.3 Å². The highest BCUT2D eigenvalue weighted by molar-refractivity contribution is 5.89. The van der Waals surface area contributed by atoms with Crippen molar-refractivity contribution in [1.82, 2.24) is 19.7 Å². The summed E-state index contributed by atoms with van der Waals surface area (Å²) in [5, 5.41) is 7.66. The fraction of sp³-hybridized carbons (Fsp3) is 0.150. The minimum atomic E-state index is -4.79. The van der Waals surface area contributed by atoms with Crippen molar-refractivity contribution in [1.29, 1.82) is 0 Å². The first-order chi connectivity index (χ1) is 14.6. The third-order valence-electron chi connectivity index (χ3n) is 4.53. The van der Waals surface area contributed by atoms with E-state index in [9.17, 15) is 26.3 Å². The van der Waals surface area contributed by atoms with Crippen molar-refractivity contribution < 1.29 is 26.3 Å². The van der Waals surface area contributed by atoms with Crippen LogP contribution in [-0.4, -0.2) is 25.9 Å². The van der Waals surface area contributed by atoms with Crippen LogP contribution in [0.25, 0.3) is 16.5 Å². The van der Waals surface area contributed by atoms with Crippen molar-refractivity contribution in [3.8, 4) is 5.69 Å². The van der Waals surface area contributed by atoms with Crippen LogP contribution < -0.4 is 5.32 Å². The average molecular weight is 437 g/mol. The van der Waals surface area contributed by atoms with E-state index in [0.29, 0.717) is 11.8 Å². The van der Waals surface area contributed by atoms with Crippen molar-refractivity contribution in [3.05, 3.63) is 78.6 Å². The summed E-state index contributed by atoms with van der Waals surface area (Å²) in [6, 6.07) is 6.21. The van der Waals surface area contributed by atoms with Gasteiger partial charge in [-0.25, -0.2) is 4.68 Å². The number of fused-ring (bicyclic) bond motifs is 1. The van der Waals surface area contributed by atoms with Crippen LogP contribution >= 0.6 is 0 Å². The van der Waals surface area contributed by atoms with Gasteiger partial charge in [0.2, 0.25) is 0 Å². The Morgan fingerprint density at radius 1 is 0.935 bits per heavy atom. The second-order valence-electron chi connectivity index (χ2n) is 6.64. The number of anilines is 1. The van der Waals surface area contributed by atoms with E-state index in [0.717, 1.165) is 29.2 Å². The number of rotatable bonds is 4. The van der Waals surface area contributed by atoms with Gasteiger partial charge in [-0.15, -0.1) is 0 Å². The fourth-order valence-corrected chi connectivity index (χ4v) is 3.12. The van der Waals surface area contributed by atoms with Crippen LogP contribution in [0.5, 0.6) is 0 Å². The second kappa shape index (κ2) is 7.56. The molecule has 4 rings (SSSR count). The van der Waals surface area contributed by atoms with Crippen molar-refractivity contribution in [3.63, 3.8) is 0 Å². The van der Waals surface area contributed by atoms with Crippen molar-refractivity contribution in [2.24, 2.45) is 0 Å². The van der Waals surface area contributed by atoms with E-state index in [4.69, 9.17) is 0 Å². The summed E-state index contributed by atoms with van der Waals surface area (Å²) in [5.41, 5.74) is -1.38. The Balaban J connectivity index is 1.70. The molecule has 5 nitrogen and oxygen atoms in total. The monoisotopic (exact) mass is 437 g/mol. The van der Waals surface area contributed by atoms with Gasteiger partial charge in [0.15, 0.2) is 6.04 Å². The van der Waals surface area contributed by atoms with Crippen molar-refractivity contribution in [2.45, 2.75) is 18.4 Å². The molecule has 4 aromatic rings. The maximum Gasteiger partial charge on any atom is 0.433 e. The number of hydrogen-bond acceptors (Lipinski definition) is 4. The molecule has 31 heavy (non-hydrogen) atoms. The van der Waals surface area contributed by atoms with Gasteiger partial charge in [0, 0.05) is 46.8 Å². The van der Waals surface area contributed by atoms with Gasteiger partial charge in [-0.3, -0.25) is 9.97 Å². The van der Waals surface area contributed by atoms with Gasteiger partial charge in [0.05, 0.1) is 11.9 Å². The van der Waals surface area contributed by atoms with Gasteiger partial charge in [-0.1, -0.05) is 12.1 Å². The average Bonchev–Trinajstić information content (AvgIpc) is 3.20. The van der Waals surface area contributed by atoms with Crippen molar-refractivity contribution >= 4 is 16.5 Å². The number of halogens is 6. The van der Waals surface area contributed by atoms with E-state index in [1.54, 1.807) is 36.7 Å². The Kier molecular flexibility index (Phi) is 5.03. The zero-order valence-corrected chi connectivity index (χ0v) is 15.5. The maximum absolute atomic E-state index is 13.7. The highest BCUT2D eigenvalue weighted by atomic mass is 19.4. The predicted molar refractivity (Wildman–Crippen MR) is 101 cm³/mol. The molecular weight excluding hydrogens is 424 g/mol. The zero-order chi connectivity index (χ0) is 22.2. The minimum Gasteiger partial charge on any atom is -0.370 e. The van der Waals surface area contributed by atoms with Crippen molar-refractivity contribution in [2.75, 3.05) is 5.32 Å². The zero-order valence-electron chi connectivity index (χ0n) is 15.5. The van der Waals surface area contributed by atoms with Gasteiger partial charge in [-0.2, -0.15) is 31.4 Å². The minimum absolute atomic E-state index is 0.260. The lowest BCUT2D eigenvalue weighted by Gasteiger charge is -2.22. The summed E-state index contributed by atoms with van der Waals surface area (Å²) < 4.78 is 81.1. The van der Waals surface area contributed by atoms with Crippen LogP contribution in [0.3, 0.4) is 0 Å². The van der Waals surface area contributed by atoms with Crippen LogP contribution in [0.1, 0.15) is 17.3 Å². The molecule has 1 N–H and O–H groups in total. The predicted octanol–water partition coefficient (Wildman–Crippen LogP) is 5.55. The third-order valence-corrected chi connectivity index (χ3v) is 4.53. The molecule has 0 aliphatic rings. The molecule has 0 saturated carbocycles. The van der Waals surface area contributed by atoms with E-state index >= 15 is 0 Å². The lowest BCUT2D eigenvalue weighted by atomic mass is 10.1. The standard InChI is InChI=1S/C20H13F6N5/c21-19(22,23)17-8-14(4-7-28-17)30-18(20(24,25)26)13-10-29-31(11-13)16-3-1-2-12-9-27-6-5-15(12)16/h1-11,18H,(H,28,30). The van der Waals surface area contributed by atoms with Gasteiger partial charge >= 0.3 is 12.4 Å². The van der Waals surface area contributed by atoms with Crippen LogP contribution in [0, 0.1) is 0 Å². The normalized spacial score (nSPS) is 13.4. The molecule has 3 heterocycles. The molecule has 0 bridgehead atoms. The topological polar surface area (TPSA) is 55.6 Å². The Morgan fingerprint density at radius 3 is 2.48 bits per heavy atom. The van der Waals surface area contributed by atoms with E-state index in [1.165, 1.54) is 10.9 Å². The summed E-state index contributed by atoms with van der Waals surface area (Å²) >= 11 is 0. The molecule has 0 fully saturated rings. The molecule has 1 aromatic carbocycles. The van der Waals surface area contributed by atoms with Crippen LogP contribution in [-0.2, 0) is 6.18 Å². The quantitative estimate of drug-likeness (QED) is 0.426. The third kappa shape index (κ3) is 4.30. The molecule has 0 radical (unpaired) electrons. The first-order valence-electron chi connectivity index (χ1n) is 8.87. The van der Waals surface area contributed by atoms with Gasteiger partial charge in [-0.05, 0) is 24.3 Å². The van der Waals surface area contributed by atoms with E-state index in [1.807, 2.05) is 0 Å². The number of aromatic nitrogens is 4. The molecule has 11 heteroatoms. The Hall–Kier alpha value is -3.63. The Bertz CT molecular complexity index is 1210. The van der Waals surface area contributed by atoms with Gasteiger partial charge < -0.3 is 5.32 Å². The number of alkyl halides is 6. The summed E-state index contributed by atoms with van der Waals surface area (Å²) in [6.45, 7) is 0. The summed E-state index contributed by atoms with van der Waals surface area (Å²) in [7, 11) is 0. The van der Waals surface area contributed by atoms with Crippen LogP contribution in [0.4, 0.5) is 32.0 Å². The summed E-state index contributed by atoms with van der Waals surface area (Å²) in [4.78, 5) is 7.17. The molecule has 1 unspecified atom stereocenters. The molecule has 0 amide bonds. The molecule has 0 aliphatic heterocycles. The molecule has 160 valence electrons. The Labute approximate surface area is 171 Å². The number of benzene rings is 1. The van der Waals surface area contributed by atoms with Gasteiger partial charge in [0.1, 0.15) is 5.69 Å². The highest BCUT2D eigenvalue weighted by Gasteiger charge is 2.42. The highest BCUT2D eigenvalue weighted by Crippen LogP contribution is 2.37. The van der Waals surface area contributed by atoms with E-state index < -0.39 is 24.1 Å². The van der Waals surface area contributed by atoms with Gasteiger partial charge in [0.25, 0.3) is 0 Å². The number of pyridine rings is 2. The Morgan fingerprint density at radius 2 is 1.74 bits per heavy atom. The molecule has 1 atom stereocenters. The molecular formula is C20H13F6N5. The lowest BCUT2D eigenvalue weighted by molar-refractivity contribution is -0.144. The second-order valence-corrected chi connectivity index (χ2v) is 6.64. The maximum atomic E-state index is 13.7. The fourth-order valence-electron chi connectivity index (χ4n) is 3.12. The smallest absolute Gasteiger partial charge is 0.370 e. The number of nitrogens with zero attached hydrogens (tertiary/aromatic N) is 4. The molecule has 0 aliphatic carbocycles. The number of hydrogen-bond donors (Lipinski definition) is 1. The van der Waals surface area contributed by atoms with Crippen LogP contribution in [0.2, 0.25) is 0 Å². The SMILES string of the molecule is FC(F)(F)c1cc(NC(c2cnn(-c3cccc4cnccc34)c2)C(F)(F)F)ccn1. The molecule has 3 aromatic heterocycles. The summed E-state index contributed by atoms with van der Waals surface area (Å²) in [6.07, 6.45) is -3.39. The van der Waals surface area contributed by atoms with Crippen LogP contribution in [0.15, 0.2) is 67.4 Å². The summed E-state index contributed by atoms with van der Waals surface area (Å²) in [5.74, 6) is 0. The largest absolute Gasteiger partial charge is 0.433 e. The molecule has 0 saturated heterocycles. The lowest BCUT2D eigenvalue weighted by Crippen LogP contribution is -2.27. The number of nitrogens with one attached hydrogen (secondary N) is 1. The first kappa shape index (κ1) is 20.6. The molecule has 0 spiro atoms. The van der Waals surface area contributed by atoms with E-state index in [2.05, 4.69) is 20.4 Å².